The Morgan fingerprint density at radius 1 is 0.680 bits per heavy atom. The molecule has 122 valence electrons. The van der Waals surface area contributed by atoms with Crippen LogP contribution in [0.1, 0.15) is 12.5 Å². The first-order valence-corrected chi connectivity index (χ1v) is 8.30. The molecule has 0 N–H and O–H groups in total. The van der Waals surface area contributed by atoms with Gasteiger partial charge in [0.05, 0.1) is 0 Å². The lowest BCUT2D eigenvalue weighted by Gasteiger charge is -2.07. The van der Waals surface area contributed by atoms with E-state index in [-0.39, 0.29) is 0 Å². The number of carbonyl (C=O) groups is 1. The van der Waals surface area contributed by atoms with Gasteiger partial charge in [0.2, 0.25) is 0 Å². The van der Waals surface area contributed by atoms with Crippen LogP contribution >= 0.6 is 0 Å². The Balaban J connectivity index is 0.000000569. The molecular formula is C24H20O. The molecule has 1 heteroatoms. The molecule has 0 saturated heterocycles. The molecule has 4 rings (SSSR count). The van der Waals surface area contributed by atoms with Crippen LogP contribution in [0.4, 0.5) is 0 Å². The standard InChI is InChI=1S/C22H16.C2H4O/c1-2-16-7-8-20-15-22(12-11-19(20)13-16)21-10-9-17-5-3-4-6-18(17)14-21;1-2-3/h2-15H,1H2;2H,1H3. The summed E-state index contributed by atoms with van der Waals surface area (Å²) in [6.45, 7) is 5.28. The molecule has 0 heterocycles. The highest BCUT2D eigenvalue weighted by molar-refractivity contribution is 5.92. The number of carbonyl (C=O) groups excluding carboxylic acids is 1. The van der Waals surface area contributed by atoms with E-state index >= 15 is 0 Å². The van der Waals surface area contributed by atoms with Gasteiger partial charge in [-0.15, -0.1) is 0 Å². The van der Waals surface area contributed by atoms with Crippen LogP contribution in [0.15, 0.2) is 85.4 Å². The maximum atomic E-state index is 8.81. The van der Waals surface area contributed by atoms with Crippen LogP contribution in [-0.4, -0.2) is 6.29 Å². The molecule has 0 aliphatic carbocycles. The summed E-state index contributed by atoms with van der Waals surface area (Å²) in [5, 5.41) is 5.07. The maximum absolute atomic E-state index is 8.81. The van der Waals surface area contributed by atoms with Gasteiger partial charge < -0.3 is 4.79 Å². The monoisotopic (exact) mass is 324 g/mol. The summed E-state index contributed by atoms with van der Waals surface area (Å²) in [5.74, 6) is 0. The number of aldehydes is 1. The Kier molecular flexibility index (Phi) is 5.06. The van der Waals surface area contributed by atoms with Gasteiger partial charge in [-0.1, -0.05) is 73.3 Å². The molecule has 0 atom stereocenters. The van der Waals surface area contributed by atoms with E-state index in [9.17, 15) is 0 Å². The Morgan fingerprint density at radius 3 is 1.80 bits per heavy atom. The topological polar surface area (TPSA) is 17.1 Å². The molecule has 1 nitrogen and oxygen atoms in total. The van der Waals surface area contributed by atoms with E-state index in [0.717, 1.165) is 11.8 Å². The van der Waals surface area contributed by atoms with Crippen molar-refractivity contribution in [2.45, 2.75) is 6.92 Å². The molecule has 0 spiro atoms. The van der Waals surface area contributed by atoms with Crippen molar-refractivity contribution in [3.63, 3.8) is 0 Å². The van der Waals surface area contributed by atoms with Crippen molar-refractivity contribution in [1.82, 2.24) is 0 Å². The fourth-order valence-corrected chi connectivity index (χ4v) is 2.94. The second-order valence-electron chi connectivity index (χ2n) is 5.82. The van der Waals surface area contributed by atoms with E-state index < -0.39 is 0 Å². The lowest BCUT2D eigenvalue weighted by atomic mass is 9.98. The average molecular weight is 324 g/mol. The Hall–Kier alpha value is -3.19. The van der Waals surface area contributed by atoms with E-state index in [0.29, 0.717) is 0 Å². The third kappa shape index (κ3) is 3.67. The van der Waals surface area contributed by atoms with Gasteiger partial charge in [-0.3, -0.25) is 0 Å². The third-order valence-corrected chi connectivity index (χ3v) is 4.18. The number of benzene rings is 4. The highest BCUT2D eigenvalue weighted by atomic mass is 16.1. The second kappa shape index (κ2) is 7.59. The van der Waals surface area contributed by atoms with E-state index in [1.165, 1.54) is 39.6 Å². The minimum atomic E-state index is 0.750. The summed E-state index contributed by atoms with van der Waals surface area (Å²) >= 11 is 0. The van der Waals surface area contributed by atoms with Crippen molar-refractivity contribution in [1.29, 1.82) is 0 Å². The first kappa shape index (κ1) is 16.7. The van der Waals surface area contributed by atoms with Gasteiger partial charge >= 0.3 is 0 Å². The van der Waals surface area contributed by atoms with Gasteiger partial charge in [0.25, 0.3) is 0 Å². The first-order chi connectivity index (χ1) is 12.2. The summed E-state index contributed by atoms with van der Waals surface area (Å²) in [4.78, 5) is 8.81. The lowest BCUT2D eigenvalue weighted by molar-refractivity contribution is -0.106. The normalized spacial score (nSPS) is 10.1. The summed E-state index contributed by atoms with van der Waals surface area (Å²) in [7, 11) is 0. The summed E-state index contributed by atoms with van der Waals surface area (Å²) < 4.78 is 0. The van der Waals surface area contributed by atoms with Crippen molar-refractivity contribution in [3.05, 3.63) is 91.0 Å². The highest BCUT2D eigenvalue weighted by Gasteiger charge is 2.02. The zero-order valence-corrected chi connectivity index (χ0v) is 14.3. The summed E-state index contributed by atoms with van der Waals surface area (Å²) in [6, 6.07) is 28.2. The molecule has 0 unspecified atom stereocenters. The highest BCUT2D eigenvalue weighted by Crippen LogP contribution is 2.28. The minimum Gasteiger partial charge on any atom is -0.304 e. The predicted octanol–water partition coefficient (Wildman–Crippen LogP) is 6.51. The summed E-state index contributed by atoms with van der Waals surface area (Å²) in [6.07, 6.45) is 2.64. The minimum absolute atomic E-state index is 0.750. The molecule has 0 radical (unpaired) electrons. The molecule has 0 bridgehead atoms. The molecule has 0 fully saturated rings. The second-order valence-corrected chi connectivity index (χ2v) is 5.82. The lowest BCUT2D eigenvalue weighted by Crippen LogP contribution is -1.81. The zero-order chi connectivity index (χ0) is 17.6. The Morgan fingerprint density at radius 2 is 1.16 bits per heavy atom. The van der Waals surface area contributed by atoms with Gasteiger partial charge in [0.15, 0.2) is 0 Å². The number of hydrogen-bond donors (Lipinski definition) is 0. The van der Waals surface area contributed by atoms with E-state index in [2.05, 4.69) is 85.4 Å². The third-order valence-electron chi connectivity index (χ3n) is 4.18. The largest absolute Gasteiger partial charge is 0.304 e. The number of rotatable bonds is 2. The van der Waals surface area contributed by atoms with Crippen LogP contribution in [0.5, 0.6) is 0 Å². The predicted molar refractivity (Wildman–Crippen MR) is 109 cm³/mol. The SMILES string of the molecule is C=Cc1ccc2cc(-c3ccc4ccccc4c3)ccc2c1.CC=O. The van der Waals surface area contributed by atoms with Gasteiger partial charge in [-0.25, -0.2) is 0 Å². The number of hydrogen-bond acceptors (Lipinski definition) is 1. The van der Waals surface area contributed by atoms with Gasteiger partial charge in [0.1, 0.15) is 6.29 Å². The van der Waals surface area contributed by atoms with Gasteiger partial charge in [0, 0.05) is 0 Å². The van der Waals surface area contributed by atoms with Gasteiger partial charge in [-0.2, -0.15) is 0 Å². The van der Waals surface area contributed by atoms with E-state index in [4.69, 9.17) is 4.79 Å². The average Bonchev–Trinajstić information content (AvgIpc) is 2.67. The van der Waals surface area contributed by atoms with Crippen molar-refractivity contribution in [2.75, 3.05) is 0 Å². The molecule has 25 heavy (non-hydrogen) atoms. The van der Waals surface area contributed by atoms with Crippen molar-refractivity contribution in [3.8, 4) is 11.1 Å². The van der Waals surface area contributed by atoms with Crippen molar-refractivity contribution >= 4 is 33.9 Å². The fourth-order valence-electron chi connectivity index (χ4n) is 2.94. The van der Waals surface area contributed by atoms with Crippen LogP contribution < -0.4 is 0 Å². The smallest absolute Gasteiger partial charge is 0.116 e. The quantitative estimate of drug-likeness (QED) is 0.384. The van der Waals surface area contributed by atoms with Crippen molar-refractivity contribution in [2.24, 2.45) is 0 Å². The maximum Gasteiger partial charge on any atom is 0.116 e. The Bertz CT molecular complexity index is 1040. The molecule has 0 aliphatic rings. The van der Waals surface area contributed by atoms with Gasteiger partial charge in [-0.05, 0) is 63.4 Å². The molecule has 0 aliphatic heterocycles. The molecule has 0 amide bonds. The van der Waals surface area contributed by atoms with Crippen LogP contribution in [0, 0.1) is 0 Å². The Labute approximate surface area is 148 Å². The zero-order valence-electron chi connectivity index (χ0n) is 14.3. The first-order valence-electron chi connectivity index (χ1n) is 8.30. The van der Waals surface area contributed by atoms with Crippen LogP contribution in [0.3, 0.4) is 0 Å². The molecule has 0 saturated carbocycles. The fraction of sp³-hybridized carbons (Fsp3) is 0.0417. The van der Waals surface area contributed by atoms with Crippen LogP contribution in [-0.2, 0) is 4.79 Å². The van der Waals surface area contributed by atoms with E-state index in [1.807, 2.05) is 6.08 Å². The number of fused-ring (bicyclic) bond motifs is 2. The van der Waals surface area contributed by atoms with Crippen molar-refractivity contribution < 1.29 is 4.79 Å². The van der Waals surface area contributed by atoms with E-state index in [1.54, 1.807) is 0 Å². The molecule has 4 aromatic rings. The summed E-state index contributed by atoms with van der Waals surface area (Å²) in [5.41, 5.74) is 3.67. The molecule has 4 aromatic carbocycles. The molecular weight excluding hydrogens is 304 g/mol. The molecule has 0 aromatic heterocycles. The van der Waals surface area contributed by atoms with Crippen LogP contribution in [0.2, 0.25) is 0 Å². The van der Waals surface area contributed by atoms with Crippen LogP contribution in [0.25, 0.3) is 38.7 Å².